The summed E-state index contributed by atoms with van der Waals surface area (Å²) >= 11 is 0. The Labute approximate surface area is 151 Å². The first-order valence-electron chi connectivity index (χ1n) is 8.29. The van der Waals surface area contributed by atoms with Crippen molar-refractivity contribution in [2.24, 2.45) is 0 Å². The summed E-state index contributed by atoms with van der Waals surface area (Å²) in [7, 11) is 0. The van der Waals surface area contributed by atoms with Crippen LogP contribution in [0.15, 0.2) is 48.5 Å². The third-order valence-electron chi connectivity index (χ3n) is 3.80. The average molecular weight is 346 g/mol. The van der Waals surface area contributed by atoms with E-state index in [2.05, 4.69) is 15.3 Å². The summed E-state index contributed by atoms with van der Waals surface area (Å²) in [5, 5.41) is 12.4. The maximum absolute atomic E-state index is 12.7. The lowest BCUT2D eigenvalue weighted by Crippen LogP contribution is -2.22. The maximum atomic E-state index is 12.7. The second-order valence-corrected chi connectivity index (χ2v) is 5.76. The number of nitrogens with one attached hydrogen (secondary N) is 1. The molecule has 0 fully saturated rings. The maximum Gasteiger partial charge on any atom is 0.248 e. The highest BCUT2D eigenvalue weighted by Gasteiger charge is 2.27. The van der Waals surface area contributed by atoms with E-state index in [4.69, 9.17) is 4.74 Å². The van der Waals surface area contributed by atoms with Crippen molar-refractivity contribution in [2.45, 2.75) is 19.8 Å². The number of rotatable bonds is 5. The lowest BCUT2D eigenvalue weighted by Gasteiger charge is -2.14. The van der Waals surface area contributed by atoms with Gasteiger partial charge < -0.3 is 10.1 Å². The van der Waals surface area contributed by atoms with Gasteiger partial charge in [-0.15, -0.1) is 0 Å². The van der Waals surface area contributed by atoms with Gasteiger partial charge in [0.05, 0.1) is 23.7 Å². The highest BCUT2D eigenvalue weighted by atomic mass is 16.5. The van der Waals surface area contributed by atoms with Crippen LogP contribution >= 0.6 is 0 Å². The Balaban J connectivity index is 1.99. The van der Waals surface area contributed by atoms with Crippen molar-refractivity contribution < 1.29 is 9.53 Å². The van der Waals surface area contributed by atoms with Gasteiger partial charge >= 0.3 is 0 Å². The fourth-order valence-corrected chi connectivity index (χ4v) is 2.61. The van der Waals surface area contributed by atoms with E-state index in [1.54, 1.807) is 12.1 Å². The fraction of sp³-hybridized carbons (Fsp3) is 0.200. The number of aryl methyl sites for hydroxylation is 1. The molecule has 26 heavy (non-hydrogen) atoms. The molecule has 3 rings (SSSR count). The number of hydrogen-bond acceptors (Lipinski definition) is 5. The summed E-state index contributed by atoms with van der Waals surface area (Å²) in [6.07, 6.45) is 0. The van der Waals surface area contributed by atoms with E-state index in [0.29, 0.717) is 23.3 Å². The number of nitrogens with zero attached hydrogens (tertiary/aromatic N) is 3. The van der Waals surface area contributed by atoms with Crippen LogP contribution in [-0.4, -0.2) is 22.5 Å². The number of para-hydroxylation sites is 2. The Bertz CT molecular complexity index is 995. The average Bonchev–Trinajstić information content (AvgIpc) is 2.63. The molecule has 6 heteroatoms. The molecule has 1 atom stereocenters. The topological polar surface area (TPSA) is 87.9 Å². The van der Waals surface area contributed by atoms with Gasteiger partial charge in [0, 0.05) is 5.69 Å². The number of hydrogen-bond donors (Lipinski definition) is 1. The summed E-state index contributed by atoms with van der Waals surface area (Å²) in [6, 6.07) is 16.7. The zero-order valence-corrected chi connectivity index (χ0v) is 14.6. The molecule has 0 aliphatic carbocycles. The number of aromatic nitrogens is 2. The molecule has 1 unspecified atom stereocenters. The molecule has 1 amide bonds. The molecular weight excluding hydrogens is 328 g/mol. The molecular formula is C20H18N4O2. The van der Waals surface area contributed by atoms with Gasteiger partial charge in [-0.1, -0.05) is 24.3 Å². The first-order chi connectivity index (χ1) is 12.6. The predicted molar refractivity (Wildman–Crippen MR) is 98.9 cm³/mol. The predicted octanol–water partition coefficient (Wildman–Crippen LogP) is 3.58. The number of fused-ring (bicyclic) bond motifs is 1. The molecule has 0 saturated carbocycles. The zero-order chi connectivity index (χ0) is 18.5. The quantitative estimate of drug-likeness (QED) is 0.763. The molecule has 0 aliphatic heterocycles. The summed E-state index contributed by atoms with van der Waals surface area (Å²) in [6.45, 7) is 4.10. The van der Waals surface area contributed by atoms with Crippen molar-refractivity contribution in [3.8, 4) is 11.9 Å². The first kappa shape index (κ1) is 17.4. The van der Waals surface area contributed by atoms with Crippen LogP contribution in [-0.2, 0) is 4.79 Å². The van der Waals surface area contributed by atoms with Crippen LogP contribution in [0.5, 0.6) is 5.88 Å². The van der Waals surface area contributed by atoms with E-state index in [0.717, 1.165) is 5.56 Å². The largest absolute Gasteiger partial charge is 0.477 e. The Kier molecular flexibility index (Phi) is 5.09. The van der Waals surface area contributed by atoms with Gasteiger partial charge in [0.25, 0.3) is 0 Å². The summed E-state index contributed by atoms with van der Waals surface area (Å²) in [4.78, 5) is 21.6. The van der Waals surface area contributed by atoms with E-state index in [1.807, 2.05) is 56.3 Å². The molecule has 130 valence electrons. The van der Waals surface area contributed by atoms with Crippen molar-refractivity contribution in [1.29, 1.82) is 5.26 Å². The molecule has 1 aromatic heterocycles. The fourth-order valence-electron chi connectivity index (χ4n) is 2.61. The van der Waals surface area contributed by atoms with Gasteiger partial charge in [-0.3, -0.25) is 4.79 Å². The van der Waals surface area contributed by atoms with Crippen LogP contribution in [0.4, 0.5) is 5.69 Å². The van der Waals surface area contributed by atoms with Gasteiger partial charge in [-0.2, -0.15) is 5.26 Å². The molecule has 0 bridgehead atoms. The summed E-state index contributed by atoms with van der Waals surface area (Å²) in [5.74, 6) is -1.39. The molecule has 0 aliphatic rings. The van der Waals surface area contributed by atoms with E-state index < -0.39 is 11.8 Å². The number of anilines is 1. The first-order valence-corrected chi connectivity index (χ1v) is 8.29. The number of carbonyl (C=O) groups excluding carboxylic acids is 1. The number of amides is 1. The van der Waals surface area contributed by atoms with Gasteiger partial charge in [0.2, 0.25) is 11.8 Å². The molecule has 3 aromatic rings. The molecule has 1 N–H and O–H groups in total. The van der Waals surface area contributed by atoms with Gasteiger partial charge in [-0.25, -0.2) is 9.97 Å². The van der Waals surface area contributed by atoms with Gasteiger partial charge in [-0.05, 0) is 43.7 Å². The van der Waals surface area contributed by atoms with Crippen LogP contribution in [0.1, 0.15) is 24.1 Å². The second kappa shape index (κ2) is 7.62. The number of nitriles is 1. The third-order valence-corrected chi connectivity index (χ3v) is 3.80. The molecule has 0 saturated heterocycles. The number of benzene rings is 2. The van der Waals surface area contributed by atoms with Crippen LogP contribution in [0.3, 0.4) is 0 Å². The zero-order valence-electron chi connectivity index (χ0n) is 14.6. The smallest absolute Gasteiger partial charge is 0.248 e. The minimum absolute atomic E-state index is 0.206. The monoisotopic (exact) mass is 346 g/mol. The van der Waals surface area contributed by atoms with Crippen LogP contribution < -0.4 is 10.1 Å². The minimum Gasteiger partial charge on any atom is -0.477 e. The second-order valence-electron chi connectivity index (χ2n) is 5.76. The molecule has 1 heterocycles. The van der Waals surface area contributed by atoms with E-state index in [1.165, 1.54) is 0 Å². The molecule has 2 aromatic carbocycles. The molecule has 6 nitrogen and oxygen atoms in total. The number of ether oxygens (including phenoxy) is 1. The van der Waals surface area contributed by atoms with Crippen LogP contribution in [0, 0.1) is 18.3 Å². The molecule has 0 spiro atoms. The Morgan fingerprint density at radius 2 is 1.92 bits per heavy atom. The van der Waals surface area contributed by atoms with Crippen molar-refractivity contribution >= 4 is 22.6 Å². The number of carbonyl (C=O) groups is 1. The minimum atomic E-state index is -1.13. The normalized spacial score (nSPS) is 11.6. The van der Waals surface area contributed by atoms with Crippen molar-refractivity contribution in [3.63, 3.8) is 0 Å². The highest BCUT2D eigenvalue weighted by molar-refractivity contribution is 5.98. The Morgan fingerprint density at radius 1 is 1.19 bits per heavy atom. The van der Waals surface area contributed by atoms with Crippen molar-refractivity contribution in [1.82, 2.24) is 9.97 Å². The van der Waals surface area contributed by atoms with E-state index >= 15 is 0 Å². The Morgan fingerprint density at radius 3 is 2.58 bits per heavy atom. The summed E-state index contributed by atoms with van der Waals surface area (Å²) in [5.41, 5.74) is 3.11. The SMILES string of the molecule is CCOc1nc2ccccc2nc1C(C#N)C(=O)Nc1cccc(C)c1. The van der Waals surface area contributed by atoms with Crippen LogP contribution in [0.2, 0.25) is 0 Å². The van der Waals surface area contributed by atoms with Crippen LogP contribution in [0.25, 0.3) is 11.0 Å². The van der Waals surface area contributed by atoms with E-state index in [9.17, 15) is 10.1 Å². The molecule has 0 radical (unpaired) electrons. The summed E-state index contributed by atoms with van der Waals surface area (Å²) < 4.78 is 5.54. The van der Waals surface area contributed by atoms with Gasteiger partial charge in [0.15, 0.2) is 5.92 Å². The van der Waals surface area contributed by atoms with E-state index in [-0.39, 0.29) is 11.6 Å². The van der Waals surface area contributed by atoms with Crippen molar-refractivity contribution in [3.05, 3.63) is 59.8 Å². The van der Waals surface area contributed by atoms with Crippen molar-refractivity contribution in [2.75, 3.05) is 11.9 Å². The third kappa shape index (κ3) is 3.62. The standard InChI is InChI=1S/C20H18N4O2/c1-3-26-20-18(23-16-9-4-5-10-17(16)24-20)15(12-21)19(25)22-14-8-6-7-13(2)11-14/h4-11,15H,3H2,1-2H3,(H,22,25). The lowest BCUT2D eigenvalue weighted by atomic mass is 10.1. The highest BCUT2D eigenvalue weighted by Crippen LogP contribution is 2.27. The lowest BCUT2D eigenvalue weighted by molar-refractivity contribution is -0.116. The van der Waals surface area contributed by atoms with Gasteiger partial charge in [0.1, 0.15) is 5.69 Å². The Hall–Kier alpha value is -3.46.